The Balaban J connectivity index is 1.78. The van der Waals surface area contributed by atoms with Crippen LogP contribution in [0.15, 0.2) is 0 Å². The van der Waals surface area contributed by atoms with Crippen LogP contribution in [0.25, 0.3) is 0 Å². The Kier molecular flexibility index (Phi) is 2.86. The molecule has 1 saturated carbocycles. The molecule has 0 bridgehead atoms. The van der Waals surface area contributed by atoms with E-state index in [4.69, 9.17) is 15.2 Å². The van der Waals surface area contributed by atoms with Crippen molar-refractivity contribution in [2.24, 2.45) is 5.73 Å². The van der Waals surface area contributed by atoms with Crippen molar-refractivity contribution >= 4 is 0 Å². The molecule has 1 atom stereocenters. The lowest BCUT2D eigenvalue weighted by atomic mass is 9.74. The van der Waals surface area contributed by atoms with Gasteiger partial charge in [0.05, 0.1) is 18.3 Å². The average Bonchev–Trinajstić information content (AvgIpc) is 2.13. The van der Waals surface area contributed by atoms with Crippen molar-refractivity contribution in [1.82, 2.24) is 0 Å². The predicted octanol–water partition coefficient (Wildman–Crippen LogP) is 1.06. The number of hydrogen-bond donors (Lipinski definition) is 1. The van der Waals surface area contributed by atoms with Crippen LogP contribution in [0.2, 0.25) is 0 Å². The lowest BCUT2D eigenvalue weighted by Gasteiger charge is -2.47. The zero-order valence-corrected chi connectivity index (χ0v) is 8.13. The third kappa shape index (κ3) is 2.03. The molecule has 2 N–H and O–H groups in total. The lowest BCUT2D eigenvalue weighted by Crippen LogP contribution is -2.47. The normalized spacial score (nSPS) is 31.6. The third-order valence-corrected chi connectivity index (χ3v) is 3.18. The van der Waals surface area contributed by atoms with Gasteiger partial charge >= 0.3 is 0 Å². The van der Waals surface area contributed by atoms with E-state index < -0.39 is 0 Å². The first-order valence-electron chi connectivity index (χ1n) is 5.30. The van der Waals surface area contributed by atoms with Crippen LogP contribution in [-0.2, 0) is 9.47 Å². The molecular weight excluding hydrogens is 166 g/mol. The molecule has 2 fully saturated rings. The van der Waals surface area contributed by atoms with Crippen LogP contribution in [-0.4, -0.2) is 31.5 Å². The van der Waals surface area contributed by atoms with Gasteiger partial charge in [0.25, 0.3) is 0 Å². The van der Waals surface area contributed by atoms with E-state index in [9.17, 15) is 0 Å². The Morgan fingerprint density at radius 3 is 2.92 bits per heavy atom. The molecule has 76 valence electrons. The fraction of sp³-hybridized carbons (Fsp3) is 1.00. The second kappa shape index (κ2) is 3.95. The zero-order valence-electron chi connectivity index (χ0n) is 8.13. The van der Waals surface area contributed by atoms with E-state index in [1.807, 2.05) is 0 Å². The van der Waals surface area contributed by atoms with Crippen LogP contribution < -0.4 is 5.73 Å². The molecular formula is C10H19NO2. The predicted molar refractivity (Wildman–Crippen MR) is 50.6 cm³/mol. The van der Waals surface area contributed by atoms with E-state index in [1.165, 1.54) is 19.3 Å². The highest BCUT2D eigenvalue weighted by Crippen LogP contribution is 2.42. The molecule has 13 heavy (non-hydrogen) atoms. The van der Waals surface area contributed by atoms with Gasteiger partial charge in [-0.2, -0.15) is 0 Å². The van der Waals surface area contributed by atoms with E-state index in [2.05, 4.69) is 0 Å². The number of ether oxygens (including phenoxy) is 2. The van der Waals surface area contributed by atoms with Crippen LogP contribution in [0.3, 0.4) is 0 Å². The average molecular weight is 185 g/mol. The summed E-state index contributed by atoms with van der Waals surface area (Å²) in [5.74, 6) is 0. The van der Waals surface area contributed by atoms with Crippen molar-refractivity contribution in [3.63, 3.8) is 0 Å². The van der Waals surface area contributed by atoms with Crippen molar-refractivity contribution in [1.29, 1.82) is 0 Å². The van der Waals surface area contributed by atoms with Gasteiger partial charge < -0.3 is 15.2 Å². The summed E-state index contributed by atoms with van der Waals surface area (Å²) in [6.45, 7) is 2.19. The van der Waals surface area contributed by atoms with Crippen molar-refractivity contribution in [2.75, 3.05) is 19.8 Å². The van der Waals surface area contributed by atoms with Crippen LogP contribution in [0.1, 0.15) is 32.1 Å². The molecule has 3 heteroatoms. The summed E-state index contributed by atoms with van der Waals surface area (Å²) < 4.78 is 11.5. The molecule has 0 aromatic rings. The smallest absolute Gasteiger partial charge is 0.0707 e. The van der Waals surface area contributed by atoms with Crippen molar-refractivity contribution in [3.05, 3.63) is 0 Å². The summed E-state index contributed by atoms with van der Waals surface area (Å²) in [5, 5.41) is 0. The molecule has 1 aliphatic carbocycles. The summed E-state index contributed by atoms with van der Waals surface area (Å²) in [6, 6.07) is 0. The molecule has 3 nitrogen and oxygen atoms in total. The summed E-state index contributed by atoms with van der Waals surface area (Å²) in [4.78, 5) is 0. The molecule has 1 saturated heterocycles. The molecule has 1 aliphatic heterocycles. The van der Waals surface area contributed by atoms with Gasteiger partial charge in [-0.3, -0.25) is 0 Å². The van der Waals surface area contributed by atoms with Gasteiger partial charge in [0.2, 0.25) is 0 Å². The van der Waals surface area contributed by atoms with E-state index >= 15 is 0 Å². The van der Waals surface area contributed by atoms with Crippen molar-refractivity contribution in [2.45, 2.75) is 43.8 Å². The maximum atomic E-state index is 5.80. The maximum Gasteiger partial charge on any atom is 0.0707 e. The minimum Gasteiger partial charge on any atom is -0.377 e. The first-order chi connectivity index (χ1) is 6.35. The number of nitrogens with two attached hydrogens (primary N) is 1. The van der Waals surface area contributed by atoms with Gasteiger partial charge in [0.15, 0.2) is 0 Å². The zero-order chi connectivity index (χ0) is 9.15. The lowest BCUT2D eigenvalue weighted by molar-refractivity contribution is -0.168. The number of rotatable bonds is 3. The first kappa shape index (κ1) is 9.44. The van der Waals surface area contributed by atoms with Gasteiger partial charge in [0, 0.05) is 19.6 Å². The fourth-order valence-corrected chi connectivity index (χ4v) is 2.28. The van der Waals surface area contributed by atoms with Gasteiger partial charge in [-0.1, -0.05) is 0 Å². The summed E-state index contributed by atoms with van der Waals surface area (Å²) in [5.41, 5.74) is 5.61. The second-order valence-corrected chi connectivity index (χ2v) is 4.16. The van der Waals surface area contributed by atoms with Crippen LogP contribution in [0, 0.1) is 0 Å². The maximum absolute atomic E-state index is 5.80. The van der Waals surface area contributed by atoms with E-state index in [-0.39, 0.29) is 5.60 Å². The van der Waals surface area contributed by atoms with E-state index in [0.717, 1.165) is 19.4 Å². The van der Waals surface area contributed by atoms with E-state index in [1.54, 1.807) is 0 Å². The third-order valence-electron chi connectivity index (χ3n) is 3.18. The van der Waals surface area contributed by atoms with Gasteiger partial charge in [-0.25, -0.2) is 0 Å². The minimum atomic E-state index is 0.206. The molecule has 0 aromatic carbocycles. The van der Waals surface area contributed by atoms with Crippen LogP contribution in [0.4, 0.5) is 0 Å². The Labute approximate surface area is 79.6 Å². The molecule has 0 amide bonds. The molecule has 0 aromatic heterocycles. The highest BCUT2D eigenvalue weighted by Gasteiger charge is 2.42. The van der Waals surface area contributed by atoms with Gasteiger partial charge in [0.1, 0.15) is 0 Å². The summed E-state index contributed by atoms with van der Waals surface area (Å²) in [7, 11) is 0. The SMILES string of the molecule is NCCOC1CCOC2(CCC2)C1. The highest BCUT2D eigenvalue weighted by molar-refractivity contribution is 4.94. The van der Waals surface area contributed by atoms with Gasteiger partial charge in [-0.05, 0) is 25.7 Å². The number of hydrogen-bond acceptors (Lipinski definition) is 3. The Morgan fingerprint density at radius 2 is 2.31 bits per heavy atom. The largest absolute Gasteiger partial charge is 0.377 e. The van der Waals surface area contributed by atoms with Crippen molar-refractivity contribution < 1.29 is 9.47 Å². The van der Waals surface area contributed by atoms with E-state index in [0.29, 0.717) is 19.3 Å². The molecule has 1 spiro atoms. The minimum absolute atomic E-state index is 0.206. The molecule has 1 heterocycles. The first-order valence-corrected chi connectivity index (χ1v) is 5.30. The standard InChI is InChI=1S/C10H19NO2/c11-5-7-12-9-2-6-13-10(8-9)3-1-4-10/h9H,1-8,11H2. The van der Waals surface area contributed by atoms with Crippen LogP contribution >= 0.6 is 0 Å². The second-order valence-electron chi connectivity index (χ2n) is 4.16. The fourth-order valence-electron chi connectivity index (χ4n) is 2.28. The molecule has 0 radical (unpaired) electrons. The van der Waals surface area contributed by atoms with Crippen LogP contribution in [0.5, 0.6) is 0 Å². The highest BCUT2D eigenvalue weighted by atomic mass is 16.5. The Bertz CT molecular complexity index is 168. The topological polar surface area (TPSA) is 44.5 Å². The quantitative estimate of drug-likeness (QED) is 0.715. The molecule has 2 aliphatic rings. The summed E-state index contributed by atoms with van der Waals surface area (Å²) in [6.07, 6.45) is 6.32. The van der Waals surface area contributed by atoms with Crippen molar-refractivity contribution in [3.8, 4) is 0 Å². The monoisotopic (exact) mass is 185 g/mol. The molecule has 1 unspecified atom stereocenters. The Morgan fingerprint density at radius 1 is 1.46 bits per heavy atom. The molecule has 2 rings (SSSR count). The Hall–Kier alpha value is -0.120. The summed E-state index contributed by atoms with van der Waals surface area (Å²) >= 11 is 0. The van der Waals surface area contributed by atoms with Gasteiger partial charge in [-0.15, -0.1) is 0 Å².